The first-order valence-electron chi connectivity index (χ1n) is 4.54. The summed E-state index contributed by atoms with van der Waals surface area (Å²) in [5.41, 5.74) is 6.10. The van der Waals surface area contributed by atoms with E-state index in [-0.39, 0.29) is 24.4 Å². The van der Waals surface area contributed by atoms with Crippen LogP contribution < -0.4 is 5.73 Å². The van der Waals surface area contributed by atoms with Crippen molar-refractivity contribution in [2.45, 2.75) is 13.3 Å². The summed E-state index contributed by atoms with van der Waals surface area (Å²) in [6.07, 6.45) is 0.209. The number of nitro benzene ring substituents is 1. The average Bonchev–Trinajstić information content (AvgIpc) is 2.18. The van der Waals surface area contributed by atoms with Gasteiger partial charge in [-0.3, -0.25) is 14.9 Å². The molecule has 0 amide bonds. The van der Waals surface area contributed by atoms with Crippen LogP contribution in [0.4, 0.5) is 5.69 Å². The highest BCUT2D eigenvalue weighted by Gasteiger charge is 2.14. The fraction of sp³-hybridized carbons (Fsp3) is 0.300. The Morgan fingerprint density at radius 3 is 2.73 bits per heavy atom. The van der Waals surface area contributed by atoms with E-state index in [0.29, 0.717) is 11.1 Å². The molecule has 2 N–H and O–H groups in total. The van der Waals surface area contributed by atoms with Gasteiger partial charge in [0.05, 0.1) is 4.92 Å². The van der Waals surface area contributed by atoms with Crippen molar-refractivity contribution in [2.75, 3.05) is 6.54 Å². The van der Waals surface area contributed by atoms with Crippen LogP contribution in [0.2, 0.25) is 0 Å². The Morgan fingerprint density at radius 2 is 2.20 bits per heavy atom. The fourth-order valence-corrected chi connectivity index (χ4v) is 1.25. The van der Waals surface area contributed by atoms with Gasteiger partial charge in [0.15, 0.2) is 5.78 Å². The molecule has 0 aliphatic heterocycles. The largest absolute Gasteiger partial charge is 0.330 e. The first kappa shape index (κ1) is 11.3. The van der Waals surface area contributed by atoms with Crippen LogP contribution in [0.25, 0.3) is 0 Å². The predicted octanol–water partition coefficient (Wildman–Crippen LogP) is 1.43. The Labute approximate surface area is 87.0 Å². The molecular weight excluding hydrogens is 196 g/mol. The van der Waals surface area contributed by atoms with Gasteiger partial charge in [0.1, 0.15) is 0 Å². The molecule has 1 aromatic rings. The monoisotopic (exact) mass is 208 g/mol. The van der Waals surface area contributed by atoms with Gasteiger partial charge in [-0.1, -0.05) is 12.1 Å². The van der Waals surface area contributed by atoms with Crippen molar-refractivity contribution >= 4 is 11.5 Å². The lowest BCUT2D eigenvalue weighted by Gasteiger charge is -2.01. The van der Waals surface area contributed by atoms with Crippen molar-refractivity contribution in [2.24, 2.45) is 5.73 Å². The zero-order valence-corrected chi connectivity index (χ0v) is 8.40. The maximum Gasteiger partial charge on any atom is 0.273 e. The Morgan fingerprint density at radius 1 is 1.53 bits per heavy atom. The van der Waals surface area contributed by atoms with E-state index in [1.165, 1.54) is 6.07 Å². The molecule has 0 aromatic heterocycles. The molecule has 0 spiro atoms. The smallest absolute Gasteiger partial charge is 0.273 e. The number of rotatable bonds is 4. The summed E-state index contributed by atoms with van der Waals surface area (Å²) >= 11 is 0. The average molecular weight is 208 g/mol. The van der Waals surface area contributed by atoms with Crippen molar-refractivity contribution in [1.82, 2.24) is 0 Å². The number of hydrogen-bond donors (Lipinski definition) is 1. The van der Waals surface area contributed by atoms with Gasteiger partial charge in [-0.05, 0) is 13.5 Å². The first-order valence-corrected chi connectivity index (χ1v) is 4.54. The molecule has 5 nitrogen and oxygen atoms in total. The second kappa shape index (κ2) is 4.65. The van der Waals surface area contributed by atoms with E-state index in [9.17, 15) is 14.9 Å². The number of aryl methyl sites for hydroxylation is 1. The Bertz CT molecular complexity index is 402. The van der Waals surface area contributed by atoms with Crippen molar-refractivity contribution in [3.8, 4) is 0 Å². The molecule has 0 unspecified atom stereocenters. The number of ketones is 1. The highest BCUT2D eigenvalue weighted by atomic mass is 16.6. The number of benzene rings is 1. The van der Waals surface area contributed by atoms with Gasteiger partial charge in [0.25, 0.3) is 5.69 Å². The lowest BCUT2D eigenvalue weighted by molar-refractivity contribution is -0.385. The lowest BCUT2D eigenvalue weighted by Crippen LogP contribution is -2.08. The van der Waals surface area contributed by atoms with Crippen LogP contribution in [0.5, 0.6) is 0 Å². The number of hydrogen-bond acceptors (Lipinski definition) is 4. The SMILES string of the molecule is Cc1ccc(C(=O)CCN)cc1[N+](=O)[O-]. The minimum absolute atomic E-state index is 0.0297. The second-order valence-electron chi connectivity index (χ2n) is 3.22. The van der Waals surface area contributed by atoms with Crippen LogP contribution in [-0.4, -0.2) is 17.3 Å². The van der Waals surface area contributed by atoms with Crippen molar-refractivity contribution in [1.29, 1.82) is 0 Å². The third kappa shape index (κ3) is 2.60. The topological polar surface area (TPSA) is 86.2 Å². The predicted molar refractivity (Wildman–Crippen MR) is 55.8 cm³/mol. The molecule has 0 bridgehead atoms. The maximum absolute atomic E-state index is 11.4. The van der Waals surface area contributed by atoms with Crippen LogP contribution in [0, 0.1) is 17.0 Å². The van der Waals surface area contributed by atoms with Gasteiger partial charge in [0, 0.05) is 23.6 Å². The molecule has 0 saturated heterocycles. The van der Waals surface area contributed by atoms with Crippen molar-refractivity contribution in [3.63, 3.8) is 0 Å². The number of carbonyl (C=O) groups is 1. The zero-order chi connectivity index (χ0) is 11.4. The quantitative estimate of drug-likeness (QED) is 0.460. The second-order valence-corrected chi connectivity index (χ2v) is 3.22. The van der Waals surface area contributed by atoms with E-state index in [4.69, 9.17) is 5.73 Å². The van der Waals surface area contributed by atoms with Gasteiger partial charge in [-0.2, -0.15) is 0 Å². The van der Waals surface area contributed by atoms with Crippen molar-refractivity contribution in [3.05, 3.63) is 39.4 Å². The summed E-state index contributed by atoms with van der Waals surface area (Å²) < 4.78 is 0. The van der Waals surface area contributed by atoms with Crippen LogP contribution in [-0.2, 0) is 0 Å². The summed E-state index contributed by atoms with van der Waals surface area (Å²) in [4.78, 5) is 21.6. The molecule has 1 aromatic carbocycles. The summed E-state index contributed by atoms with van der Waals surface area (Å²) in [5.74, 6) is -0.166. The number of Topliss-reactive ketones (excluding diaryl/α,β-unsaturated/α-hetero) is 1. The molecule has 15 heavy (non-hydrogen) atoms. The number of nitrogens with zero attached hydrogens (tertiary/aromatic N) is 1. The molecule has 0 fully saturated rings. The fourth-order valence-electron chi connectivity index (χ4n) is 1.25. The molecule has 80 valence electrons. The number of nitrogens with two attached hydrogens (primary N) is 1. The number of nitro groups is 1. The summed E-state index contributed by atoms with van der Waals surface area (Å²) in [7, 11) is 0. The minimum Gasteiger partial charge on any atom is -0.330 e. The highest BCUT2D eigenvalue weighted by Crippen LogP contribution is 2.19. The summed E-state index contributed by atoms with van der Waals surface area (Å²) in [6.45, 7) is 1.88. The van der Waals surface area contributed by atoms with E-state index in [0.717, 1.165) is 0 Å². The third-order valence-corrected chi connectivity index (χ3v) is 2.10. The standard InChI is InChI=1S/C10H12N2O3/c1-7-2-3-8(10(13)4-5-11)6-9(7)12(14)15/h2-3,6H,4-5,11H2,1H3. The van der Waals surface area contributed by atoms with E-state index in [2.05, 4.69) is 0 Å². The van der Waals surface area contributed by atoms with Gasteiger partial charge in [-0.25, -0.2) is 0 Å². The highest BCUT2D eigenvalue weighted by molar-refractivity contribution is 5.96. The Hall–Kier alpha value is -1.75. The van der Waals surface area contributed by atoms with E-state index < -0.39 is 4.92 Å². The van der Waals surface area contributed by atoms with Gasteiger partial charge in [0.2, 0.25) is 0 Å². The number of carbonyl (C=O) groups excluding carboxylic acids is 1. The first-order chi connectivity index (χ1) is 7.06. The van der Waals surface area contributed by atoms with Gasteiger partial charge >= 0.3 is 0 Å². The van der Waals surface area contributed by atoms with Crippen LogP contribution in [0.15, 0.2) is 18.2 Å². The minimum atomic E-state index is -0.492. The molecule has 0 aliphatic rings. The normalized spacial score (nSPS) is 10.0. The van der Waals surface area contributed by atoms with Crippen LogP contribution in [0.1, 0.15) is 22.3 Å². The molecule has 5 heteroatoms. The van der Waals surface area contributed by atoms with Crippen molar-refractivity contribution < 1.29 is 9.72 Å². The van der Waals surface area contributed by atoms with E-state index in [1.54, 1.807) is 19.1 Å². The van der Waals surface area contributed by atoms with Crippen LogP contribution in [0.3, 0.4) is 0 Å². The Kier molecular flexibility index (Phi) is 3.51. The van der Waals surface area contributed by atoms with E-state index in [1.807, 2.05) is 0 Å². The summed E-state index contributed by atoms with van der Waals surface area (Å²) in [6, 6.07) is 4.45. The summed E-state index contributed by atoms with van der Waals surface area (Å²) in [5, 5.41) is 10.6. The van der Waals surface area contributed by atoms with E-state index >= 15 is 0 Å². The maximum atomic E-state index is 11.4. The molecule has 0 heterocycles. The molecule has 0 saturated carbocycles. The third-order valence-electron chi connectivity index (χ3n) is 2.10. The van der Waals surface area contributed by atoms with Gasteiger partial charge in [-0.15, -0.1) is 0 Å². The van der Waals surface area contributed by atoms with Gasteiger partial charge < -0.3 is 5.73 Å². The molecule has 0 atom stereocenters. The molecule has 0 radical (unpaired) electrons. The molecular formula is C10H12N2O3. The zero-order valence-electron chi connectivity index (χ0n) is 8.40. The Balaban J connectivity index is 3.07. The lowest BCUT2D eigenvalue weighted by atomic mass is 10.1. The molecule has 0 aliphatic carbocycles. The van der Waals surface area contributed by atoms with Crippen LogP contribution >= 0.6 is 0 Å². The molecule has 1 rings (SSSR count).